The van der Waals surface area contributed by atoms with E-state index in [1.165, 1.54) is 0 Å². The number of nitrogens with two attached hydrogens (primary N) is 1. The molecule has 10 heteroatoms. The quantitative estimate of drug-likeness (QED) is 0.267. The highest BCUT2D eigenvalue weighted by molar-refractivity contribution is 5.86. The Balaban J connectivity index is 4.47. The predicted octanol–water partition coefficient (Wildman–Crippen LogP) is -0.814. The maximum atomic E-state index is 11.6. The first kappa shape index (κ1) is 19.6. The third-order valence-electron chi connectivity index (χ3n) is 2.80. The van der Waals surface area contributed by atoms with Crippen molar-refractivity contribution >= 4 is 23.9 Å². The standard InChI is InChI=1S/C12H21N3O7/c13-6-2-1-3-7(10(18)19)14-12(22)15-8(11(20)21)4-5-9(16)17/h7-8H,1-6,13H2,(H,16,17)(H,18,19)(H,20,21)(H2,14,15,22)/t7?,8-/m0/s1. The molecule has 2 atom stereocenters. The highest BCUT2D eigenvalue weighted by Crippen LogP contribution is 2.02. The molecule has 0 saturated heterocycles. The molecular formula is C12H21N3O7. The van der Waals surface area contributed by atoms with E-state index in [0.717, 1.165) is 0 Å². The van der Waals surface area contributed by atoms with Gasteiger partial charge in [-0.15, -0.1) is 0 Å². The van der Waals surface area contributed by atoms with E-state index in [1.807, 2.05) is 5.32 Å². The minimum absolute atomic E-state index is 0.160. The average molecular weight is 319 g/mol. The second-order valence-corrected chi connectivity index (χ2v) is 4.62. The van der Waals surface area contributed by atoms with E-state index in [-0.39, 0.29) is 12.8 Å². The zero-order chi connectivity index (χ0) is 17.1. The molecular weight excluding hydrogens is 298 g/mol. The molecule has 22 heavy (non-hydrogen) atoms. The van der Waals surface area contributed by atoms with Crippen LogP contribution >= 0.6 is 0 Å². The summed E-state index contributed by atoms with van der Waals surface area (Å²) < 4.78 is 0. The molecule has 0 heterocycles. The Morgan fingerprint density at radius 3 is 1.77 bits per heavy atom. The molecule has 0 radical (unpaired) electrons. The Morgan fingerprint density at radius 1 is 0.864 bits per heavy atom. The summed E-state index contributed by atoms with van der Waals surface area (Å²) in [6.45, 7) is 0.398. The fourth-order valence-corrected chi connectivity index (χ4v) is 1.63. The van der Waals surface area contributed by atoms with Crippen LogP contribution in [0, 0.1) is 0 Å². The molecule has 0 aliphatic heterocycles. The SMILES string of the molecule is NCCCCC(NC(=O)N[C@@H](CCC(=O)O)C(=O)O)C(=O)O. The molecule has 0 saturated carbocycles. The lowest BCUT2D eigenvalue weighted by Gasteiger charge is -2.18. The number of amides is 2. The summed E-state index contributed by atoms with van der Waals surface area (Å²) in [7, 11) is 0. The van der Waals surface area contributed by atoms with Crippen LogP contribution < -0.4 is 16.4 Å². The van der Waals surface area contributed by atoms with Gasteiger partial charge in [-0.3, -0.25) is 4.79 Å². The average Bonchev–Trinajstić information content (AvgIpc) is 2.41. The van der Waals surface area contributed by atoms with Crippen LogP contribution in [0.3, 0.4) is 0 Å². The maximum absolute atomic E-state index is 11.6. The minimum Gasteiger partial charge on any atom is -0.481 e. The van der Waals surface area contributed by atoms with E-state index in [4.69, 9.17) is 21.1 Å². The number of carbonyl (C=O) groups excluding carboxylic acids is 1. The van der Waals surface area contributed by atoms with Crippen molar-refractivity contribution in [1.29, 1.82) is 0 Å². The van der Waals surface area contributed by atoms with E-state index in [2.05, 4.69) is 5.32 Å². The number of rotatable bonds is 11. The van der Waals surface area contributed by atoms with Crippen LogP contribution in [0.5, 0.6) is 0 Å². The monoisotopic (exact) mass is 319 g/mol. The number of carboxylic acids is 3. The zero-order valence-corrected chi connectivity index (χ0v) is 11.9. The van der Waals surface area contributed by atoms with Gasteiger partial charge in [-0.05, 0) is 32.2 Å². The Hall–Kier alpha value is -2.36. The topological polar surface area (TPSA) is 179 Å². The van der Waals surface area contributed by atoms with Crippen molar-refractivity contribution in [3.8, 4) is 0 Å². The molecule has 10 nitrogen and oxygen atoms in total. The first-order chi connectivity index (χ1) is 10.3. The van der Waals surface area contributed by atoms with E-state index < -0.39 is 42.4 Å². The van der Waals surface area contributed by atoms with E-state index >= 15 is 0 Å². The molecule has 7 N–H and O–H groups in total. The third kappa shape index (κ3) is 8.74. The second kappa shape index (κ2) is 10.4. The summed E-state index contributed by atoms with van der Waals surface area (Å²) in [5.74, 6) is -3.84. The highest BCUT2D eigenvalue weighted by atomic mass is 16.4. The molecule has 0 aromatic rings. The third-order valence-corrected chi connectivity index (χ3v) is 2.80. The van der Waals surface area contributed by atoms with Gasteiger partial charge < -0.3 is 31.7 Å². The summed E-state index contributed by atoms with van der Waals surface area (Å²) in [6.07, 6.45) is 0.518. The molecule has 0 spiro atoms. The van der Waals surface area contributed by atoms with Gasteiger partial charge in [0.25, 0.3) is 0 Å². The van der Waals surface area contributed by atoms with Gasteiger partial charge in [-0.1, -0.05) is 0 Å². The van der Waals surface area contributed by atoms with Gasteiger partial charge in [0.15, 0.2) is 0 Å². The van der Waals surface area contributed by atoms with E-state index in [9.17, 15) is 19.2 Å². The van der Waals surface area contributed by atoms with Crippen LogP contribution in [-0.4, -0.2) is 57.9 Å². The maximum Gasteiger partial charge on any atom is 0.326 e. The van der Waals surface area contributed by atoms with Crippen molar-refractivity contribution in [2.24, 2.45) is 5.73 Å². The van der Waals surface area contributed by atoms with Gasteiger partial charge in [0.2, 0.25) is 0 Å². The molecule has 0 rings (SSSR count). The van der Waals surface area contributed by atoms with Crippen LogP contribution in [0.1, 0.15) is 32.1 Å². The molecule has 0 aliphatic carbocycles. The summed E-state index contributed by atoms with van der Waals surface area (Å²) in [5, 5.41) is 30.6. The minimum atomic E-state index is -1.41. The van der Waals surface area contributed by atoms with Gasteiger partial charge in [0.1, 0.15) is 12.1 Å². The molecule has 1 unspecified atom stereocenters. The lowest BCUT2D eigenvalue weighted by molar-refractivity contribution is -0.140. The van der Waals surface area contributed by atoms with Crippen molar-refractivity contribution in [2.45, 2.75) is 44.2 Å². The zero-order valence-electron chi connectivity index (χ0n) is 11.9. The van der Waals surface area contributed by atoms with Gasteiger partial charge in [0.05, 0.1) is 0 Å². The Kier molecular flexibility index (Phi) is 9.27. The number of carbonyl (C=O) groups is 4. The summed E-state index contributed by atoms with van der Waals surface area (Å²) in [6, 6.07) is -3.55. The first-order valence-electron chi connectivity index (χ1n) is 6.72. The summed E-state index contributed by atoms with van der Waals surface area (Å²) in [4.78, 5) is 44.0. The molecule has 0 bridgehead atoms. The molecule has 2 amide bonds. The number of carboxylic acid groups (broad SMARTS) is 3. The highest BCUT2D eigenvalue weighted by Gasteiger charge is 2.24. The Labute approximate surface area is 126 Å². The Bertz CT molecular complexity index is 414. The normalized spacial score (nSPS) is 13.0. The number of unbranched alkanes of at least 4 members (excludes halogenated alkanes) is 1. The van der Waals surface area contributed by atoms with Crippen molar-refractivity contribution in [2.75, 3.05) is 6.54 Å². The largest absolute Gasteiger partial charge is 0.481 e. The molecule has 126 valence electrons. The fourth-order valence-electron chi connectivity index (χ4n) is 1.63. The van der Waals surface area contributed by atoms with Crippen LogP contribution in [0.2, 0.25) is 0 Å². The number of urea groups is 1. The van der Waals surface area contributed by atoms with Crippen LogP contribution in [0.15, 0.2) is 0 Å². The van der Waals surface area contributed by atoms with Gasteiger partial charge in [0, 0.05) is 6.42 Å². The molecule has 0 aromatic heterocycles. The molecule has 0 aliphatic rings. The van der Waals surface area contributed by atoms with E-state index in [0.29, 0.717) is 19.4 Å². The molecule has 0 aromatic carbocycles. The fraction of sp³-hybridized carbons (Fsp3) is 0.667. The number of nitrogens with one attached hydrogen (secondary N) is 2. The number of hydrogen-bond donors (Lipinski definition) is 6. The second-order valence-electron chi connectivity index (χ2n) is 4.62. The van der Waals surface area contributed by atoms with Crippen LogP contribution in [0.4, 0.5) is 4.79 Å². The van der Waals surface area contributed by atoms with Crippen molar-refractivity contribution in [3.63, 3.8) is 0 Å². The van der Waals surface area contributed by atoms with Crippen LogP contribution in [0.25, 0.3) is 0 Å². The van der Waals surface area contributed by atoms with Gasteiger partial charge in [-0.2, -0.15) is 0 Å². The van der Waals surface area contributed by atoms with Crippen molar-refractivity contribution in [3.05, 3.63) is 0 Å². The summed E-state index contributed by atoms with van der Waals surface area (Å²) in [5.41, 5.74) is 5.29. The number of hydrogen-bond acceptors (Lipinski definition) is 5. The molecule has 0 fully saturated rings. The number of aliphatic carboxylic acids is 3. The lowest BCUT2D eigenvalue weighted by atomic mass is 10.1. The predicted molar refractivity (Wildman–Crippen MR) is 74.3 cm³/mol. The lowest BCUT2D eigenvalue weighted by Crippen LogP contribution is -2.51. The van der Waals surface area contributed by atoms with Gasteiger partial charge >= 0.3 is 23.9 Å². The smallest absolute Gasteiger partial charge is 0.326 e. The van der Waals surface area contributed by atoms with Crippen molar-refractivity contribution < 1.29 is 34.5 Å². The van der Waals surface area contributed by atoms with Crippen molar-refractivity contribution in [1.82, 2.24) is 10.6 Å². The first-order valence-corrected chi connectivity index (χ1v) is 6.72. The Morgan fingerprint density at radius 2 is 1.36 bits per heavy atom. The summed E-state index contributed by atoms with van der Waals surface area (Å²) >= 11 is 0. The van der Waals surface area contributed by atoms with E-state index in [1.54, 1.807) is 0 Å². The van der Waals surface area contributed by atoms with Crippen LogP contribution in [-0.2, 0) is 14.4 Å². The van der Waals surface area contributed by atoms with Gasteiger partial charge in [-0.25, -0.2) is 14.4 Å².